The van der Waals surface area contributed by atoms with Gasteiger partial charge in [0, 0.05) is 28.0 Å². The molecule has 44 heavy (non-hydrogen) atoms. The molecule has 3 aromatic rings. The summed E-state index contributed by atoms with van der Waals surface area (Å²) < 4.78 is 34.3. The molecule has 3 rings (SSSR count). The third kappa shape index (κ3) is 12.9. The van der Waals surface area contributed by atoms with Gasteiger partial charge in [-0.1, -0.05) is 43.5 Å². The molecule has 234 valence electrons. The molecule has 3 aromatic carbocycles. The third-order valence-electron chi connectivity index (χ3n) is 6.04. The molecule has 0 fully saturated rings. The zero-order valence-electron chi connectivity index (χ0n) is 25.0. The van der Waals surface area contributed by atoms with Crippen molar-refractivity contribution in [2.24, 2.45) is 0 Å². The van der Waals surface area contributed by atoms with Gasteiger partial charge in [-0.2, -0.15) is 0 Å². The summed E-state index contributed by atoms with van der Waals surface area (Å²) in [7, 11) is 0. The van der Waals surface area contributed by atoms with Crippen molar-refractivity contribution in [3.8, 4) is 11.5 Å². The van der Waals surface area contributed by atoms with Crippen LogP contribution in [0.4, 0.5) is 0 Å². The van der Waals surface area contributed by atoms with Gasteiger partial charge in [0.2, 0.25) is 0 Å². The van der Waals surface area contributed by atoms with Gasteiger partial charge in [-0.05, 0) is 60.0 Å². The van der Waals surface area contributed by atoms with Crippen molar-refractivity contribution in [2.75, 3.05) is 38.9 Å². The van der Waals surface area contributed by atoms with Crippen molar-refractivity contribution in [3.63, 3.8) is 0 Å². The molecule has 0 heterocycles. The molecule has 0 radical (unpaired) electrons. The molecule has 0 aliphatic rings. The van der Waals surface area contributed by atoms with Crippen LogP contribution < -0.4 is 9.47 Å². The second-order valence-electron chi connectivity index (χ2n) is 9.35. The minimum Gasteiger partial charge on any atom is -0.489 e. The number of thioether (sulfide) groups is 2. The van der Waals surface area contributed by atoms with E-state index in [-0.39, 0.29) is 26.4 Å². The maximum atomic E-state index is 11.9. The maximum Gasteiger partial charge on any atom is 0.330 e. The molecule has 0 aliphatic carbocycles. The van der Waals surface area contributed by atoms with E-state index in [9.17, 15) is 9.59 Å². The van der Waals surface area contributed by atoms with Crippen LogP contribution in [0.5, 0.6) is 11.5 Å². The molecular weight excluding hydrogens is 601 g/mol. The first-order chi connectivity index (χ1) is 21.4. The Morgan fingerprint density at radius 3 is 1.43 bits per heavy atom. The molecular formula is C34H38O8S2. The van der Waals surface area contributed by atoms with Crippen LogP contribution in [-0.2, 0) is 41.8 Å². The number of hydrogen-bond donors (Lipinski definition) is 0. The van der Waals surface area contributed by atoms with Crippen molar-refractivity contribution in [1.82, 2.24) is 0 Å². The Hall–Kier alpha value is -3.70. The van der Waals surface area contributed by atoms with Crippen molar-refractivity contribution in [1.29, 1.82) is 0 Å². The number of hydrogen-bond acceptors (Lipinski definition) is 10. The van der Waals surface area contributed by atoms with Crippen LogP contribution in [0.15, 0.2) is 108 Å². The molecule has 0 aromatic heterocycles. The summed E-state index contributed by atoms with van der Waals surface area (Å²) in [5, 5.41) is 0. The Bertz CT molecular complexity index is 1230. The SMILES string of the molecule is C=CC(=O)OC(COCc1ccc(SC)cc1)COc1cccc(OCC(COCc2ccc(SC)cc2)OC(=O)C=C)c1. The standard InChI is InChI=1S/C34H38O8S2/c1-5-33(35)41-29(21-37-19-25-10-14-31(43-3)15-11-25)23-39-27-8-7-9-28(18-27)40-24-30(42-34(36)6-2)22-38-20-26-12-16-32(44-4)17-13-26/h5-18,29-30H,1-2,19-24H2,3-4H3. The Balaban J connectivity index is 1.52. The number of esters is 2. The van der Waals surface area contributed by atoms with E-state index in [2.05, 4.69) is 13.2 Å². The Labute approximate surface area is 267 Å². The van der Waals surface area contributed by atoms with E-state index < -0.39 is 24.1 Å². The average molecular weight is 639 g/mol. The van der Waals surface area contributed by atoms with Gasteiger partial charge in [-0.25, -0.2) is 9.59 Å². The molecule has 10 heteroatoms. The number of carbonyl (C=O) groups is 2. The van der Waals surface area contributed by atoms with Crippen LogP contribution in [0, 0.1) is 0 Å². The number of ether oxygens (including phenoxy) is 6. The monoisotopic (exact) mass is 638 g/mol. The van der Waals surface area contributed by atoms with Crippen molar-refractivity contribution < 1.29 is 38.0 Å². The minimum absolute atomic E-state index is 0.0553. The van der Waals surface area contributed by atoms with Crippen LogP contribution in [-0.4, -0.2) is 63.1 Å². The first kappa shape index (κ1) is 34.8. The van der Waals surface area contributed by atoms with Crippen LogP contribution >= 0.6 is 23.5 Å². The lowest BCUT2D eigenvalue weighted by Gasteiger charge is -2.19. The lowest BCUT2D eigenvalue weighted by atomic mass is 10.2. The quantitative estimate of drug-likeness (QED) is 0.0775. The Morgan fingerprint density at radius 1 is 0.659 bits per heavy atom. The molecule has 0 saturated heterocycles. The van der Waals surface area contributed by atoms with E-state index in [1.165, 1.54) is 9.79 Å². The van der Waals surface area contributed by atoms with Crippen molar-refractivity contribution in [3.05, 3.63) is 109 Å². The fourth-order valence-electron chi connectivity index (χ4n) is 3.75. The summed E-state index contributed by atoms with van der Waals surface area (Å²) in [6.07, 6.45) is 4.92. The summed E-state index contributed by atoms with van der Waals surface area (Å²) in [6.45, 7) is 8.05. The summed E-state index contributed by atoms with van der Waals surface area (Å²) in [6, 6.07) is 23.1. The second kappa shape index (κ2) is 19.6. The topological polar surface area (TPSA) is 89.5 Å². The average Bonchev–Trinajstić information content (AvgIpc) is 3.06. The van der Waals surface area contributed by atoms with E-state index in [0.717, 1.165) is 23.3 Å². The molecule has 0 saturated carbocycles. The van der Waals surface area contributed by atoms with Crippen molar-refractivity contribution in [2.45, 2.75) is 35.2 Å². The van der Waals surface area contributed by atoms with E-state index in [1.807, 2.05) is 61.0 Å². The van der Waals surface area contributed by atoms with Crippen LogP contribution in [0.3, 0.4) is 0 Å². The smallest absolute Gasteiger partial charge is 0.330 e. The van der Waals surface area contributed by atoms with Gasteiger partial charge >= 0.3 is 11.9 Å². The van der Waals surface area contributed by atoms with E-state index in [0.29, 0.717) is 24.7 Å². The molecule has 0 N–H and O–H groups in total. The molecule has 0 spiro atoms. The number of carbonyl (C=O) groups excluding carboxylic acids is 2. The molecule has 0 aliphatic heterocycles. The predicted molar refractivity (Wildman–Crippen MR) is 173 cm³/mol. The predicted octanol–water partition coefficient (Wildman–Crippen LogP) is 6.52. The lowest BCUT2D eigenvalue weighted by Crippen LogP contribution is -2.29. The highest BCUT2D eigenvalue weighted by atomic mass is 32.2. The zero-order chi connectivity index (χ0) is 31.6. The highest BCUT2D eigenvalue weighted by molar-refractivity contribution is 7.98. The highest BCUT2D eigenvalue weighted by Gasteiger charge is 2.17. The van der Waals surface area contributed by atoms with Crippen molar-refractivity contribution >= 4 is 35.5 Å². The van der Waals surface area contributed by atoms with E-state index in [4.69, 9.17) is 28.4 Å². The lowest BCUT2D eigenvalue weighted by molar-refractivity contribution is -0.149. The first-order valence-corrected chi connectivity index (χ1v) is 16.3. The summed E-state index contributed by atoms with van der Waals surface area (Å²) >= 11 is 3.34. The molecule has 2 unspecified atom stereocenters. The van der Waals surface area contributed by atoms with Gasteiger partial charge in [0.15, 0.2) is 12.2 Å². The largest absolute Gasteiger partial charge is 0.489 e. The van der Waals surface area contributed by atoms with Crippen LogP contribution in [0.25, 0.3) is 0 Å². The number of rotatable bonds is 20. The van der Waals surface area contributed by atoms with E-state index >= 15 is 0 Å². The van der Waals surface area contributed by atoms with Gasteiger partial charge in [0.1, 0.15) is 24.7 Å². The summed E-state index contributed by atoms with van der Waals surface area (Å²) in [5.41, 5.74) is 2.02. The van der Waals surface area contributed by atoms with Gasteiger partial charge in [0.05, 0.1) is 26.4 Å². The van der Waals surface area contributed by atoms with Gasteiger partial charge in [-0.15, -0.1) is 23.5 Å². The normalized spacial score (nSPS) is 12.0. The fourth-order valence-corrected chi connectivity index (χ4v) is 4.57. The Morgan fingerprint density at radius 2 is 1.07 bits per heavy atom. The van der Waals surface area contributed by atoms with E-state index in [1.54, 1.807) is 47.8 Å². The maximum absolute atomic E-state index is 11.9. The third-order valence-corrected chi connectivity index (χ3v) is 7.53. The fraction of sp³-hybridized carbons (Fsp3) is 0.294. The highest BCUT2D eigenvalue weighted by Crippen LogP contribution is 2.21. The second-order valence-corrected chi connectivity index (χ2v) is 11.1. The molecule has 0 bridgehead atoms. The number of benzene rings is 3. The van der Waals surface area contributed by atoms with Gasteiger partial charge in [-0.3, -0.25) is 0 Å². The summed E-state index contributed by atoms with van der Waals surface area (Å²) in [4.78, 5) is 26.1. The molecule has 2 atom stereocenters. The molecule has 0 amide bonds. The van der Waals surface area contributed by atoms with Gasteiger partial charge in [0.25, 0.3) is 0 Å². The summed E-state index contributed by atoms with van der Waals surface area (Å²) in [5.74, 6) is -0.135. The first-order valence-electron chi connectivity index (χ1n) is 13.9. The van der Waals surface area contributed by atoms with Gasteiger partial charge < -0.3 is 28.4 Å². The van der Waals surface area contributed by atoms with Crippen LogP contribution in [0.2, 0.25) is 0 Å². The van der Waals surface area contributed by atoms with Crippen LogP contribution in [0.1, 0.15) is 11.1 Å². The zero-order valence-corrected chi connectivity index (χ0v) is 26.6. The minimum atomic E-state index is -0.660. The Kier molecular flexibility index (Phi) is 15.5. The molecule has 8 nitrogen and oxygen atoms in total.